The lowest BCUT2D eigenvalue weighted by atomic mass is 10.1. The summed E-state index contributed by atoms with van der Waals surface area (Å²) in [5.41, 5.74) is 5.99. The molecule has 0 spiro atoms. The van der Waals surface area contributed by atoms with Crippen LogP contribution in [0.3, 0.4) is 0 Å². The van der Waals surface area contributed by atoms with Crippen LogP contribution in [0.15, 0.2) is 4.99 Å². The highest BCUT2D eigenvalue weighted by Crippen LogP contribution is 2.20. The van der Waals surface area contributed by atoms with E-state index in [1.165, 1.54) is 44.9 Å². The second-order valence-electron chi connectivity index (χ2n) is 5.42. The zero-order chi connectivity index (χ0) is 12.6. The van der Waals surface area contributed by atoms with Gasteiger partial charge >= 0.3 is 0 Å². The minimum Gasteiger partial charge on any atom is -0.378 e. The van der Waals surface area contributed by atoms with Gasteiger partial charge in [-0.15, -0.1) is 24.0 Å². The number of hydrogen-bond donors (Lipinski definition) is 1. The summed E-state index contributed by atoms with van der Waals surface area (Å²) in [5.74, 6) is 0.732. The molecule has 0 bridgehead atoms. The van der Waals surface area contributed by atoms with Gasteiger partial charge in [0, 0.05) is 26.2 Å². The van der Waals surface area contributed by atoms with E-state index in [2.05, 4.69) is 9.89 Å². The molecule has 4 nitrogen and oxygen atoms in total. The lowest BCUT2D eigenvalue weighted by molar-refractivity contribution is 0.0579. The highest BCUT2D eigenvalue weighted by atomic mass is 127. The standard InChI is InChI=1S/C14H27N3O.HI/c15-14(17-10-4-1-5-11-17)16-9-6-12-18-13-7-2-3-8-13;/h13H,1-12H2,(H2,15,16);1H. The van der Waals surface area contributed by atoms with Crippen molar-refractivity contribution in [3.05, 3.63) is 0 Å². The molecule has 112 valence electrons. The highest BCUT2D eigenvalue weighted by molar-refractivity contribution is 14.0. The smallest absolute Gasteiger partial charge is 0.191 e. The summed E-state index contributed by atoms with van der Waals surface area (Å²) in [6.07, 6.45) is 10.5. The summed E-state index contributed by atoms with van der Waals surface area (Å²) < 4.78 is 5.81. The Balaban J connectivity index is 0.00000180. The van der Waals surface area contributed by atoms with Crippen LogP contribution in [0.25, 0.3) is 0 Å². The van der Waals surface area contributed by atoms with Gasteiger partial charge < -0.3 is 15.4 Å². The van der Waals surface area contributed by atoms with Crippen molar-refractivity contribution in [2.24, 2.45) is 10.7 Å². The molecular formula is C14H28IN3O. The van der Waals surface area contributed by atoms with E-state index in [1.807, 2.05) is 0 Å². The minimum atomic E-state index is 0. The fraction of sp³-hybridized carbons (Fsp3) is 0.929. The molecule has 0 aromatic carbocycles. The third-order valence-electron chi connectivity index (χ3n) is 3.91. The van der Waals surface area contributed by atoms with Gasteiger partial charge in [-0.3, -0.25) is 4.99 Å². The second kappa shape index (κ2) is 9.80. The topological polar surface area (TPSA) is 50.9 Å². The number of ether oxygens (including phenoxy) is 1. The van der Waals surface area contributed by atoms with Crippen molar-refractivity contribution in [2.75, 3.05) is 26.2 Å². The number of nitrogens with zero attached hydrogens (tertiary/aromatic N) is 2. The fourth-order valence-electron chi connectivity index (χ4n) is 2.79. The van der Waals surface area contributed by atoms with E-state index in [4.69, 9.17) is 10.5 Å². The molecule has 1 saturated heterocycles. The maximum atomic E-state index is 5.99. The quantitative estimate of drug-likeness (QED) is 0.345. The van der Waals surface area contributed by atoms with E-state index < -0.39 is 0 Å². The Morgan fingerprint density at radius 1 is 1.11 bits per heavy atom. The lowest BCUT2D eigenvalue weighted by Crippen LogP contribution is -2.40. The lowest BCUT2D eigenvalue weighted by Gasteiger charge is -2.27. The summed E-state index contributed by atoms with van der Waals surface area (Å²) in [6, 6.07) is 0. The van der Waals surface area contributed by atoms with Gasteiger partial charge in [0.2, 0.25) is 0 Å². The summed E-state index contributed by atoms with van der Waals surface area (Å²) in [5, 5.41) is 0. The molecule has 2 N–H and O–H groups in total. The summed E-state index contributed by atoms with van der Waals surface area (Å²) in [6.45, 7) is 3.79. The molecule has 2 rings (SSSR count). The maximum Gasteiger partial charge on any atom is 0.191 e. The zero-order valence-electron chi connectivity index (χ0n) is 11.9. The fourth-order valence-corrected chi connectivity index (χ4v) is 2.79. The van der Waals surface area contributed by atoms with Gasteiger partial charge in [0.05, 0.1) is 6.10 Å². The van der Waals surface area contributed by atoms with Crippen molar-refractivity contribution in [3.8, 4) is 0 Å². The van der Waals surface area contributed by atoms with Crippen molar-refractivity contribution < 1.29 is 4.74 Å². The Morgan fingerprint density at radius 2 is 1.79 bits per heavy atom. The van der Waals surface area contributed by atoms with Crippen LogP contribution in [-0.2, 0) is 4.74 Å². The van der Waals surface area contributed by atoms with Gasteiger partial charge in [-0.2, -0.15) is 0 Å². The Kier molecular flexibility index (Phi) is 8.77. The van der Waals surface area contributed by atoms with E-state index in [9.17, 15) is 0 Å². The zero-order valence-corrected chi connectivity index (χ0v) is 14.2. The first-order valence-corrected chi connectivity index (χ1v) is 7.53. The average Bonchev–Trinajstić information content (AvgIpc) is 2.92. The molecule has 19 heavy (non-hydrogen) atoms. The first-order chi connectivity index (χ1) is 8.86. The molecule has 5 heteroatoms. The molecule has 1 aliphatic carbocycles. The minimum absolute atomic E-state index is 0. The van der Waals surface area contributed by atoms with Gasteiger partial charge in [0.25, 0.3) is 0 Å². The van der Waals surface area contributed by atoms with E-state index in [-0.39, 0.29) is 24.0 Å². The second-order valence-corrected chi connectivity index (χ2v) is 5.42. The van der Waals surface area contributed by atoms with Crippen molar-refractivity contribution in [1.82, 2.24) is 4.90 Å². The first kappa shape index (κ1) is 17.0. The largest absolute Gasteiger partial charge is 0.378 e. The van der Waals surface area contributed by atoms with Crippen LogP contribution >= 0.6 is 24.0 Å². The monoisotopic (exact) mass is 381 g/mol. The molecule has 0 aromatic rings. The molecule has 0 atom stereocenters. The van der Waals surface area contributed by atoms with Crippen LogP contribution in [0.2, 0.25) is 0 Å². The van der Waals surface area contributed by atoms with Crippen LogP contribution in [0.5, 0.6) is 0 Å². The normalized spacial score (nSPS) is 21.5. The summed E-state index contributed by atoms with van der Waals surface area (Å²) in [4.78, 5) is 6.66. The van der Waals surface area contributed by atoms with Crippen LogP contribution in [0.1, 0.15) is 51.4 Å². The Morgan fingerprint density at radius 3 is 2.47 bits per heavy atom. The Labute approximate surface area is 134 Å². The van der Waals surface area contributed by atoms with Gasteiger partial charge in [0.15, 0.2) is 5.96 Å². The first-order valence-electron chi connectivity index (χ1n) is 7.53. The predicted octanol–water partition coefficient (Wildman–Crippen LogP) is 2.75. The third-order valence-corrected chi connectivity index (χ3v) is 3.91. The summed E-state index contributed by atoms with van der Waals surface area (Å²) >= 11 is 0. The van der Waals surface area contributed by atoms with Crippen molar-refractivity contribution >= 4 is 29.9 Å². The molecule has 0 unspecified atom stereocenters. The van der Waals surface area contributed by atoms with Gasteiger partial charge in [0.1, 0.15) is 0 Å². The summed E-state index contributed by atoms with van der Waals surface area (Å²) in [7, 11) is 0. The van der Waals surface area contributed by atoms with E-state index >= 15 is 0 Å². The Hall–Kier alpha value is -0.0400. The van der Waals surface area contributed by atoms with Crippen molar-refractivity contribution in [2.45, 2.75) is 57.5 Å². The van der Waals surface area contributed by atoms with Gasteiger partial charge in [-0.05, 0) is 38.5 Å². The molecule has 0 amide bonds. The number of guanidine groups is 1. The van der Waals surface area contributed by atoms with Crippen LogP contribution < -0.4 is 5.73 Å². The van der Waals surface area contributed by atoms with E-state index in [1.54, 1.807) is 0 Å². The van der Waals surface area contributed by atoms with Crippen LogP contribution in [-0.4, -0.2) is 43.2 Å². The Bertz CT molecular complexity index is 261. The molecule has 2 fully saturated rings. The number of rotatable bonds is 5. The third kappa shape index (κ3) is 6.29. The molecule has 0 radical (unpaired) electrons. The number of piperidine rings is 1. The number of likely N-dealkylation sites (tertiary alicyclic amines) is 1. The number of aliphatic imine (C=N–C) groups is 1. The molecule has 1 heterocycles. The SMILES string of the molecule is I.NC(=NCCCOC1CCCC1)N1CCCCC1. The molecule has 1 saturated carbocycles. The number of halogens is 1. The molecular weight excluding hydrogens is 353 g/mol. The molecule has 2 aliphatic rings. The molecule has 0 aromatic heterocycles. The van der Waals surface area contributed by atoms with E-state index in [0.29, 0.717) is 6.10 Å². The predicted molar refractivity (Wildman–Crippen MR) is 90.2 cm³/mol. The van der Waals surface area contributed by atoms with Crippen molar-refractivity contribution in [1.29, 1.82) is 0 Å². The van der Waals surface area contributed by atoms with Crippen LogP contribution in [0, 0.1) is 0 Å². The maximum absolute atomic E-state index is 5.99. The highest BCUT2D eigenvalue weighted by Gasteiger charge is 2.14. The number of nitrogens with two attached hydrogens (primary N) is 1. The number of hydrogen-bond acceptors (Lipinski definition) is 2. The van der Waals surface area contributed by atoms with E-state index in [0.717, 1.165) is 38.6 Å². The van der Waals surface area contributed by atoms with Crippen molar-refractivity contribution in [3.63, 3.8) is 0 Å². The molecule has 1 aliphatic heterocycles. The van der Waals surface area contributed by atoms with Crippen LogP contribution in [0.4, 0.5) is 0 Å². The van der Waals surface area contributed by atoms with Gasteiger partial charge in [-0.1, -0.05) is 12.8 Å². The average molecular weight is 381 g/mol. The van der Waals surface area contributed by atoms with Gasteiger partial charge in [-0.25, -0.2) is 0 Å².